The lowest BCUT2D eigenvalue weighted by atomic mass is 10.1. The largest absolute Gasteiger partial charge is 0.355 e. The van der Waals surface area contributed by atoms with Gasteiger partial charge < -0.3 is 5.32 Å². The summed E-state index contributed by atoms with van der Waals surface area (Å²) in [5.74, 6) is -0.221. The Hall–Kier alpha value is -1.81. The number of benzene rings is 2. The first-order valence-electron chi connectivity index (χ1n) is 6.89. The van der Waals surface area contributed by atoms with Crippen LogP contribution in [0, 0.1) is 5.82 Å². The molecule has 0 fully saturated rings. The van der Waals surface area contributed by atoms with E-state index >= 15 is 0 Å². The Balaban J connectivity index is 1.75. The highest BCUT2D eigenvalue weighted by Crippen LogP contribution is 2.22. The molecule has 21 heavy (non-hydrogen) atoms. The molecule has 2 aromatic rings. The van der Waals surface area contributed by atoms with Gasteiger partial charge in [0.15, 0.2) is 0 Å². The first-order valence-corrected chi connectivity index (χ1v) is 7.77. The number of carbonyl (C=O) groups excluding carboxylic acids is 1. The van der Waals surface area contributed by atoms with Gasteiger partial charge in [-0.05, 0) is 43.2 Å². The number of hydrogen-bond donors (Lipinski definition) is 1. The second-order valence-electron chi connectivity index (χ2n) is 4.74. The van der Waals surface area contributed by atoms with Crippen molar-refractivity contribution in [3.05, 3.63) is 66.0 Å². The fourth-order valence-corrected chi connectivity index (χ4v) is 2.79. The summed E-state index contributed by atoms with van der Waals surface area (Å²) in [7, 11) is 0. The van der Waals surface area contributed by atoms with Crippen LogP contribution in [0.1, 0.15) is 12.5 Å². The van der Waals surface area contributed by atoms with Crippen molar-refractivity contribution in [2.24, 2.45) is 0 Å². The van der Waals surface area contributed by atoms with Crippen LogP contribution in [0.4, 0.5) is 4.39 Å². The predicted octanol–water partition coefficient (Wildman–Crippen LogP) is 3.67. The fraction of sp³-hybridized carbons (Fsp3) is 0.235. The summed E-state index contributed by atoms with van der Waals surface area (Å²) in [6, 6.07) is 16.2. The van der Waals surface area contributed by atoms with Gasteiger partial charge in [0.05, 0.1) is 5.25 Å². The lowest BCUT2D eigenvalue weighted by Crippen LogP contribution is -2.32. The molecular formula is C17H18FNOS. The molecule has 2 aromatic carbocycles. The van der Waals surface area contributed by atoms with E-state index in [4.69, 9.17) is 0 Å². The van der Waals surface area contributed by atoms with Gasteiger partial charge in [0.25, 0.3) is 0 Å². The maximum Gasteiger partial charge on any atom is 0.233 e. The van der Waals surface area contributed by atoms with E-state index < -0.39 is 0 Å². The molecule has 0 aliphatic heterocycles. The zero-order chi connectivity index (χ0) is 15.1. The third-order valence-electron chi connectivity index (χ3n) is 3.05. The first kappa shape index (κ1) is 15.6. The minimum atomic E-state index is -0.240. The summed E-state index contributed by atoms with van der Waals surface area (Å²) in [5.41, 5.74) is 1.01. The Morgan fingerprint density at radius 1 is 1.14 bits per heavy atom. The van der Waals surface area contributed by atoms with E-state index in [2.05, 4.69) is 5.32 Å². The lowest BCUT2D eigenvalue weighted by molar-refractivity contribution is -0.120. The van der Waals surface area contributed by atoms with Gasteiger partial charge >= 0.3 is 0 Å². The zero-order valence-electron chi connectivity index (χ0n) is 11.9. The standard InChI is InChI=1S/C17H18FNOS/c1-13(21-16-5-3-2-4-6-16)17(20)19-12-11-14-7-9-15(18)10-8-14/h2-10,13H,11-12H2,1H3,(H,19,20). The second-order valence-corrected chi connectivity index (χ2v) is 6.15. The molecule has 4 heteroatoms. The molecule has 0 heterocycles. The van der Waals surface area contributed by atoms with Crippen LogP contribution >= 0.6 is 11.8 Å². The van der Waals surface area contributed by atoms with Crippen molar-refractivity contribution in [2.75, 3.05) is 6.54 Å². The summed E-state index contributed by atoms with van der Waals surface area (Å²) in [4.78, 5) is 13.1. The van der Waals surface area contributed by atoms with Crippen molar-refractivity contribution >= 4 is 17.7 Å². The van der Waals surface area contributed by atoms with Crippen molar-refractivity contribution < 1.29 is 9.18 Å². The van der Waals surface area contributed by atoms with E-state index in [-0.39, 0.29) is 17.0 Å². The number of hydrogen-bond acceptors (Lipinski definition) is 2. The highest BCUT2D eigenvalue weighted by molar-refractivity contribution is 8.00. The topological polar surface area (TPSA) is 29.1 Å². The monoisotopic (exact) mass is 303 g/mol. The van der Waals surface area contributed by atoms with E-state index in [1.54, 1.807) is 12.1 Å². The van der Waals surface area contributed by atoms with Crippen LogP contribution in [0.2, 0.25) is 0 Å². The van der Waals surface area contributed by atoms with E-state index in [0.29, 0.717) is 13.0 Å². The average Bonchev–Trinajstić information content (AvgIpc) is 2.50. The second kappa shape index (κ2) is 7.84. The van der Waals surface area contributed by atoms with Crippen LogP contribution in [-0.2, 0) is 11.2 Å². The molecule has 0 bridgehead atoms. The van der Waals surface area contributed by atoms with Gasteiger partial charge in [-0.15, -0.1) is 11.8 Å². The lowest BCUT2D eigenvalue weighted by Gasteiger charge is -2.12. The first-order chi connectivity index (χ1) is 10.1. The fourth-order valence-electron chi connectivity index (χ4n) is 1.88. The molecule has 110 valence electrons. The number of carbonyl (C=O) groups is 1. The Labute approximate surface area is 128 Å². The van der Waals surface area contributed by atoms with Gasteiger partial charge in [0.2, 0.25) is 5.91 Å². The van der Waals surface area contributed by atoms with Crippen molar-refractivity contribution in [3.63, 3.8) is 0 Å². The van der Waals surface area contributed by atoms with Crippen LogP contribution < -0.4 is 5.32 Å². The van der Waals surface area contributed by atoms with Gasteiger partial charge in [0.1, 0.15) is 5.82 Å². The van der Waals surface area contributed by atoms with E-state index in [0.717, 1.165) is 10.5 Å². The quantitative estimate of drug-likeness (QED) is 0.825. The highest BCUT2D eigenvalue weighted by atomic mass is 32.2. The van der Waals surface area contributed by atoms with Crippen molar-refractivity contribution in [2.45, 2.75) is 23.5 Å². The maximum atomic E-state index is 12.8. The van der Waals surface area contributed by atoms with Gasteiger partial charge in [-0.3, -0.25) is 4.79 Å². The van der Waals surface area contributed by atoms with Crippen LogP contribution in [-0.4, -0.2) is 17.7 Å². The molecule has 2 rings (SSSR count). The Morgan fingerprint density at radius 2 is 1.81 bits per heavy atom. The predicted molar refractivity (Wildman–Crippen MR) is 84.9 cm³/mol. The summed E-state index contributed by atoms with van der Waals surface area (Å²) in [6.45, 7) is 2.45. The molecule has 1 N–H and O–H groups in total. The van der Waals surface area contributed by atoms with Gasteiger partial charge in [0, 0.05) is 11.4 Å². The molecular weight excluding hydrogens is 285 g/mol. The zero-order valence-corrected chi connectivity index (χ0v) is 12.7. The van der Waals surface area contributed by atoms with Crippen LogP contribution in [0.25, 0.3) is 0 Å². The van der Waals surface area contributed by atoms with Gasteiger partial charge in [-0.25, -0.2) is 4.39 Å². The normalized spacial score (nSPS) is 11.9. The number of rotatable bonds is 6. The third kappa shape index (κ3) is 5.23. The van der Waals surface area contributed by atoms with Crippen LogP contribution in [0.5, 0.6) is 0 Å². The molecule has 0 aromatic heterocycles. The molecule has 0 saturated carbocycles. The van der Waals surface area contributed by atoms with Crippen molar-refractivity contribution in [3.8, 4) is 0 Å². The molecule has 0 radical (unpaired) electrons. The Morgan fingerprint density at radius 3 is 2.48 bits per heavy atom. The van der Waals surface area contributed by atoms with Crippen LogP contribution in [0.3, 0.4) is 0 Å². The molecule has 1 amide bonds. The van der Waals surface area contributed by atoms with Gasteiger partial charge in [-0.2, -0.15) is 0 Å². The molecule has 1 atom stereocenters. The molecule has 0 aliphatic rings. The minimum Gasteiger partial charge on any atom is -0.355 e. The summed E-state index contributed by atoms with van der Waals surface area (Å²) >= 11 is 1.54. The number of nitrogens with one attached hydrogen (secondary N) is 1. The van der Waals surface area contributed by atoms with Crippen LogP contribution in [0.15, 0.2) is 59.5 Å². The maximum absolute atomic E-state index is 12.8. The van der Waals surface area contributed by atoms with Crippen molar-refractivity contribution in [1.82, 2.24) is 5.32 Å². The molecule has 0 aliphatic carbocycles. The molecule has 0 saturated heterocycles. The van der Waals surface area contributed by atoms with E-state index in [9.17, 15) is 9.18 Å². The SMILES string of the molecule is CC(Sc1ccccc1)C(=O)NCCc1ccc(F)cc1. The van der Waals surface area contributed by atoms with E-state index in [1.807, 2.05) is 37.3 Å². The Kier molecular flexibility index (Phi) is 5.81. The smallest absolute Gasteiger partial charge is 0.233 e. The number of amides is 1. The molecule has 1 unspecified atom stereocenters. The van der Waals surface area contributed by atoms with E-state index in [1.165, 1.54) is 23.9 Å². The number of thioether (sulfide) groups is 1. The molecule has 0 spiro atoms. The summed E-state index contributed by atoms with van der Waals surface area (Å²) in [6.07, 6.45) is 0.703. The minimum absolute atomic E-state index is 0.0194. The summed E-state index contributed by atoms with van der Waals surface area (Å²) < 4.78 is 12.8. The summed E-state index contributed by atoms with van der Waals surface area (Å²) in [5, 5.41) is 2.77. The van der Waals surface area contributed by atoms with Crippen molar-refractivity contribution in [1.29, 1.82) is 0 Å². The Bertz CT molecular complexity index is 571. The third-order valence-corrected chi connectivity index (χ3v) is 4.16. The highest BCUT2D eigenvalue weighted by Gasteiger charge is 2.13. The molecule has 2 nitrogen and oxygen atoms in total. The number of halogens is 1. The van der Waals surface area contributed by atoms with Gasteiger partial charge in [-0.1, -0.05) is 30.3 Å². The average molecular weight is 303 g/mol.